The molecule has 0 saturated carbocycles. The summed E-state index contributed by atoms with van der Waals surface area (Å²) in [6.45, 7) is 4.16. The second-order valence-corrected chi connectivity index (χ2v) is 4.32. The van der Waals surface area contributed by atoms with Crippen LogP contribution in [0, 0.1) is 6.92 Å². The van der Waals surface area contributed by atoms with E-state index in [1.807, 2.05) is 20.2 Å². The number of fused-ring (bicyclic) bond motifs is 1. The molecule has 0 amide bonds. The molecule has 2 aromatic rings. The molecular weight excluding hydrogens is 194 g/mol. The lowest BCUT2D eigenvalue weighted by atomic mass is 10.1. The normalized spacial score (nSPS) is 10.8. The van der Waals surface area contributed by atoms with Gasteiger partial charge in [-0.25, -0.2) is 9.97 Å². The van der Waals surface area contributed by atoms with E-state index in [0.717, 1.165) is 27.5 Å². The largest absolute Gasteiger partial charge is 0.387 e. The Morgan fingerprint density at radius 3 is 2.93 bits per heavy atom. The quantitative estimate of drug-likeness (QED) is 0.822. The van der Waals surface area contributed by atoms with Gasteiger partial charge in [-0.1, -0.05) is 18.3 Å². The van der Waals surface area contributed by atoms with Crippen LogP contribution in [0.1, 0.15) is 17.5 Å². The molecule has 0 radical (unpaired) electrons. The van der Waals surface area contributed by atoms with Crippen molar-refractivity contribution in [2.24, 2.45) is 0 Å². The minimum atomic E-state index is 0.984. The molecule has 2 rings (SSSR count). The first-order chi connectivity index (χ1) is 6.76. The van der Waals surface area contributed by atoms with E-state index in [2.05, 4.69) is 22.2 Å². The van der Waals surface area contributed by atoms with E-state index in [1.54, 1.807) is 11.3 Å². The van der Waals surface area contributed by atoms with E-state index in [0.29, 0.717) is 0 Å². The number of rotatable bonds is 2. The zero-order chi connectivity index (χ0) is 10.1. The number of hydrogen-bond donors (Lipinski definition) is 1. The van der Waals surface area contributed by atoms with Crippen molar-refractivity contribution in [2.75, 3.05) is 12.4 Å². The van der Waals surface area contributed by atoms with E-state index in [1.165, 1.54) is 5.56 Å². The molecule has 74 valence electrons. The molecule has 0 aliphatic heterocycles. The van der Waals surface area contributed by atoms with Crippen LogP contribution in [0.4, 0.5) is 5.69 Å². The molecular formula is C10H13N3S. The molecule has 0 aliphatic rings. The number of anilines is 1. The maximum absolute atomic E-state index is 4.51. The van der Waals surface area contributed by atoms with Gasteiger partial charge in [-0.3, -0.25) is 0 Å². The molecule has 3 nitrogen and oxygen atoms in total. The number of pyridine rings is 1. The highest BCUT2D eigenvalue weighted by Crippen LogP contribution is 2.27. The molecule has 2 heterocycles. The number of aryl methyl sites for hydroxylation is 2. The van der Waals surface area contributed by atoms with E-state index in [9.17, 15) is 0 Å². The fourth-order valence-corrected chi connectivity index (χ4v) is 2.39. The zero-order valence-corrected chi connectivity index (χ0v) is 9.40. The number of aromatic nitrogens is 2. The van der Waals surface area contributed by atoms with Crippen LogP contribution in [-0.4, -0.2) is 17.0 Å². The molecule has 0 aromatic carbocycles. The summed E-state index contributed by atoms with van der Waals surface area (Å²) in [4.78, 5) is 9.92. The highest BCUT2D eigenvalue weighted by atomic mass is 32.1. The van der Waals surface area contributed by atoms with E-state index in [-0.39, 0.29) is 0 Å². The van der Waals surface area contributed by atoms with Gasteiger partial charge in [-0.05, 0) is 13.3 Å². The highest BCUT2D eigenvalue weighted by Gasteiger charge is 2.09. The third-order valence-electron chi connectivity index (χ3n) is 2.26. The third kappa shape index (κ3) is 1.35. The van der Waals surface area contributed by atoms with Gasteiger partial charge in [0.15, 0.2) is 0 Å². The van der Waals surface area contributed by atoms with E-state index >= 15 is 0 Å². The molecule has 1 N–H and O–H groups in total. The van der Waals surface area contributed by atoms with Gasteiger partial charge in [0, 0.05) is 12.6 Å². The Hall–Kier alpha value is -1.16. The lowest BCUT2D eigenvalue weighted by Gasteiger charge is -2.06. The molecule has 0 saturated heterocycles. The summed E-state index contributed by atoms with van der Waals surface area (Å²) in [5.41, 5.74) is 3.41. The van der Waals surface area contributed by atoms with Gasteiger partial charge < -0.3 is 5.32 Å². The SMILES string of the molecule is CCc1c(NC)cnc2sc(C)nc12. The number of thiazole rings is 1. The summed E-state index contributed by atoms with van der Waals surface area (Å²) in [7, 11) is 1.92. The van der Waals surface area contributed by atoms with Crippen molar-refractivity contribution >= 4 is 27.4 Å². The van der Waals surface area contributed by atoms with Crippen molar-refractivity contribution in [2.45, 2.75) is 20.3 Å². The first-order valence-corrected chi connectivity index (χ1v) is 5.50. The standard InChI is InChI=1S/C10H13N3S/c1-4-7-8(11-3)5-12-10-9(7)13-6(2)14-10/h5,11H,4H2,1-3H3. The topological polar surface area (TPSA) is 37.8 Å². The minimum absolute atomic E-state index is 0.984. The molecule has 0 spiro atoms. The maximum Gasteiger partial charge on any atom is 0.143 e. The summed E-state index contributed by atoms with van der Waals surface area (Å²) in [5.74, 6) is 0. The Balaban J connectivity index is 2.75. The summed E-state index contributed by atoms with van der Waals surface area (Å²) >= 11 is 1.65. The van der Waals surface area contributed by atoms with Crippen molar-refractivity contribution in [1.29, 1.82) is 0 Å². The lowest BCUT2D eigenvalue weighted by Crippen LogP contribution is -1.96. The molecule has 14 heavy (non-hydrogen) atoms. The Morgan fingerprint density at radius 2 is 2.29 bits per heavy atom. The summed E-state index contributed by atoms with van der Waals surface area (Å²) in [6.07, 6.45) is 2.87. The summed E-state index contributed by atoms with van der Waals surface area (Å²) in [5, 5.41) is 4.23. The number of nitrogens with one attached hydrogen (secondary N) is 1. The molecule has 0 unspecified atom stereocenters. The predicted octanol–water partition coefficient (Wildman–Crippen LogP) is 2.60. The maximum atomic E-state index is 4.51. The van der Waals surface area contributed by atoms with Gasteiger partial charge in [-0.15, -0.1) is 0 Å². The zero-order valence-electron chi connectivity index (χ0n) is 8.59. The van der Waals surface area contributed by atoms with Gasteiger partial charge in [0.1, 0.15) is 10.3 Å². The molecule has 0 fully saturated rings. The average Bonchev–Trinajstić information content (AvgIpc) is 2.56. The summed E-state index contributed by atoms with van der Waals surface area (Å²) < 4.78 is 0. The van der Waals surface area contributed by atoms with Crippen LogP contribution >= 0.6 is 11.3 Å². The van der Waals surface area contributed by atoms with Gasteiger partial charge >= 0.3 is 0 Å². The average molecular weight is 207 g/mol. The monoisotopic (exact) mass is 207 g/mol. The van der Waals surface area contributed by atoms with E-state index < -0.39 is 0 Å². The molecule has 2 aromatic heterocycles. The van der Waals surface area contributed by atoms with Crippen LogP contribution in [0.2, 0.25) is 0 Å². The van der Waals surface area contributed by atoms with Crippen molar-refractivity contribution in [3.8, 4) is 0 Å². The van der Waals surface area contributed by atoms with Crippen LogP contribution < -0.4 is 5.32 Å². The molecule has 0 bridgehead atoms. The van der Waals surface area contributed by atoms with Crippen LogP contribution in [0.25, 0.3) is 10.3 Å². The molecule has 4 heteroatoms. The van der Waals surface area contributed by atoms with Gasteiger partial charge in [0.2, 0.25) is 0 Å². The van der Waals surface area contributed by atoms with Crippen LogP contribution in [0.5, 0.6) is 0 Å². The fourth-order valence-electron chi connectivity index (χ4n) is 1.60. The van der Waals surface area contributed by atoms with Gasteiger partial charge in [0.05, 0.1) is 16.9 Å². The minimum Gasteiger partial charge on any atom is -0.387 e. The Kier molecular flexibility index (Phi) is 2.37. The first-order valence-electron chi connectivity index (χ1n) is 4.69. The highest BCUT2D eigenvalue weighted by molar-refractivity contribution is 7.18. The predicted molar refractivity (Wildman–Crippen MR) is 61.1 cm³/mol. The second-order valence-electron chi connectivity index (χ2n) is 3.14. The van der Waals surface area contributed by atoms with Crippen molar-refractivity contribution in [1.82, 2.24) is 9.97 Å². The van der Waals surface area contributed by atoms with Gasteiger partial charge in [0.25, 0.3) is 0 Å². The van der Waals surface area contributed by atoms with Gasteiger partial charge in [-0.2, -0.15) is 0 Å². The van der Waals surface area contributed by atoms with Crippen molar-refractivity contribution < 1.29 is 0 Å². The van der Waals surface area contributed by atoms with Crippen LogP contribution in [0.3, 0.4) is 0 Å². The fraction of sp³-hybridized carbons (Fsp3) is 0.400. The lowest BCUT2D eigenvalue weighted by molar-refractivity contribution is 1.13. The third-order valence-corrected chi connectivity index (χ3v) is 3.14. The second kappa shape index (κ2) is 3.53. The molecule has 0 aliphatic carbocycles. The smallest absolute Gasteiger partial charge is 0.143 e. The Bertz CT molecular complexity index is 462. The number of nitrogens with zero attached hydrogens (tertiary/aromatic N) is 2. The first kappa shape index (κ1) is 9.40. The van der Waals surface area contributed by atoms with Crippen LogP contribution in [-0.2, 0) is 6.42 Å². The Labute approximate surface area is 87.2 Å². The molecule has 0 atom stereocenters. The van der Waals surface area contributed by atoms with E-state index in [4.69, 9.17) is 0 Å². The Morgan fingerprint density at radius 1 is 1.50 bits per heavy atom. The van der Waals surface area contributed by atoms with Crippen LogP contribution in [0.15, 0.2) is 6.20 Å². The summed E-state index contributed by atoms with van der Waals surface area (Å²) in [6, 6.07) is 0. The van der Waals surface area contributed by atoms with Crippen molar-refractivity contribution in [3.05, 3.63) is 16.8 Å². The number of hydrogen-bond acceptors (Lipinski definition) is 4. The van der Waals surface area contributed by atoms with Crippen molar-refractivity contribution in [3.63, 3.8) is 0 Å².